The summed E-state index contributed by atoms with van der Waals surface area (Å²) in [7, 11) is 0. The van der Waals surface area contributed by atoms with E-state index in [4.69, 9.17) is 10.8 Å². The molecule has 1 aliphatic rings. The van der Waals surface area contributed by atoms with Crippen LogP contribution in [0, 0.1) is 0 Å². The highest BCUT2D eigenvalue weighted by Crippen LogP contribution is 2.19. The lowest BCUT2D eigenvalue weighted by molar-refractivity contribution is -0.151. The van der Waals surface area contributed by atoms with E-state index >= 15 is 0 Å². The molecule has 2 heterocycles. The highest BCUT2D eigenvalue weighted by molar-refractivity contribution is 5.88. The first-order chi connectivity index (χ1) is 9.00. The van der Waals surface area contributed by atoms with Crippen molar-refractivity contribution in [2.45, 2.75) is 31.0 Å². The van der Waals surface area contributed by atoms with Crippen molar-refractivity contribution in [2.75, 3.05) is 6.54 Å². The summed E-state index contributed by atoms with van der Waals surface area (Å²) < 4.78 is 0. The molecule has 0 aliphatic carbocycles. The van der Waals surface area contributed by atoms with Crippen LogP contribution in [0.25, 0.3) is 0 Å². The van der Waals surface area contributed by atoms with Gasteiger partial charge in [0, 0.05) is 19.2 Å². The first-order valence-electron chi connectivity index (χ1n) is 5.95. The number of carbonyl (C=O) groups is 2. The predicted molar refractivity (Wildman–Crippen MR) is 64.0 cm³/mol. The number of amides is 1. The number of nitrogens with zero attached hydrogens (tertiary/aromatic N) is 2. The number of hydrogen-bond donors (Lipinski definition) is 4. The van der Waals surface area contributed by atoms with Gasteiger partial charge in [0.15, 0.2) is 6.04 Å². The van der Waals surface area contributed by atoms with Crippen molar-refractivity contribution < 1.29 is 19.8 Å². The third-order valence-electron chi connectivity index (χ3n) is 3.20. The summed E-state index contributed by atoms with van der Waals surface area (Å²) in [6.07, 6.45) is 2.53. The number of carboxylic acids is 1. The van der Waals surface area contributed by atoms with Crippen molar-refractivity contribution in [3.8, 4) is 0 Å². The Labute approximate surface area is 109 Å². The van der Waals surface area contributed by atoms with Gasteiger partial charge < -0.3 is 25.8 Å². The smallest absolute Gasteiger partial charge is 0.329 e. The monoisotopic (exact) mass is 268 g/mol. The Morgan fingerprint density at radius 2 is 2.37 bits per heavy atom. The Morgan fingerprint density at radius 1 is 1.63 bits per heavy atom. The van der Waals surface area contributed by atoms with Gasteiger partial charge in [0.1, 0.15) is 0 Å². The van der Waals surface area contributed by atoms with Crippen LogP contribution in [-0.4, -0.2) is 61.7 Å². The number of H-pyrrole nitrogens is 1. The Balaban J connectivity index is 2.04. The number of carboxylic acid groups (broad SMARTS) is 1. The predicted octanol–water partition coefficient (Wildman–Crippen LogP) is -1.67. The lowest BCUT2D eigenvalue weighted by atomic mass is 10.1. The van der Waals surface area contributed by atoms with Crippen molar-refractivity contribution in [1.29, 1.82) is 0 Å². The second-order valence-electron chi connectivity index (χ2n) is 4.54. The topological polar surface area (TPSA) is 133 Å². The number of likely N-dealkylation sites (tertiary alicyclic amines) is 1. The molecule has 1 aliphatic heterocycles. The largest absolute Gasteiger partial charge is 0.480 e. The van der Waals surface area contributed by atoms with Crippen LogP contribution in [0.5, 0.6) is 0 Å². The normalized spacial score (nSPS) is 24.4. The van der Waals surface area contributed by atoms with E-state index in [1.807, 2.05) is 0 Å². The van der Waals surface area contributed by atoms with Crippen molar-refractivity contribution in [2.24, 2.45) is 5.73 Å². The summed E-state index contributed by atoms with van der Waals surface area (Å²) in [5.74, 6) is -1.70. The van der Waals surface area contributed by atoms with Crippen LogP contribution in [0.4, 0.5) is 0 Å². The van der Waals surface area contributed by atoms with Gasteiger partial charge in [-0.15, -0.1) is 0 Å². The van der Waals surface area contributed by atoms with Gasteiger partial charge in [-0.05, 0) is 6.42 Å². The molecule has 3 atom stereocenters. The third-order valence-corrected chi connectivity index (χ3v) is 3.20. The number of aliphatic hydroxyl groups excluding tert-OH is 1. The number of aromatic amines is 1. The lowest BCUT2D eigenvalue weighted by Crippen LogP contribution is -2.51. The molecule has 1 fully saturated rings. The van der Waals surface area contributed by atoms with Gasteiger partial charge in [-0.3, -0.25) is 4.79 Å². The molecular formula is C11H16N4O4. The average Bonchev–Trinajstić information content (AvgIpc) is 2.97. The molecule has 1 amide bonds. The number of rotatable bonds is 4. The zero-order valence-corrected chi connectivity index (χ0v) is 10.2. The van der Waals surface area contributed by atoms with E-state index in [2.05, 4.69) is 9.97 Å². The number of nitrogens with two attached hydrogens (primary N) is 1. The van der Waals surface area contributed by atoms with Gasteiger partial charge in [0.25, 0.3) is 0 Å². The lowest BCUT2D eigenvalue weighted by Gasteiger charge is -2.25. The van der Waals surface area contributed by atoms with Gasteiger partial charge in [-0.25, -0.2) is 9.78 Å². The van der Waals surface area contributed by atoms with E-state index in [9.17, 15) is 14.7 Å². The molecule has 19 heavy (non-hydrogen) atoms. The molecule has 1 unspecified atom stereocenters. The molecule has 8 heteroatoms. The Bertz CT molecular complexity index is 461. The van der Waals surface area contributed by atoms with E-state index in [-0.39, 0.29) is 19.4 Å². The molecule has 1 aromatic rings. The standard InChI is InChI=1S/C11H16N4O4/c12-7(3-6-4-13-5-14-6)10(17)15-2-1-8(16)9(15)11(18)19/h4-5,7-9,16H,1-3,12H2,(H,13,14)(H,18,19)/t7-,8?,9-/m0/s1. The molecule has 0 saturated carbocycles. The second kappa shape index (κ2) is 5.37. The maximum Gasteiger partial charge on any atom is 0.329 e. The molecule has 0 spiro atoms. The quantitative estimate of drug-likeness (QED) is 0.516. The molecule has 0 aromatic carbocycles. The van der Waals surface area contributed by atoms with E-state index in [0.717, 1.165) is 4.90 Å². The van der Waals surface area contributed by atoms with Crippen molar-refractivity contribution in [1.82, 2.24) is 14.9 Å². The summed E-state index contributed by atoms with van der Waals surface area (Å²) in [5.41, 5.74) is 6.41. The summed E-state index contributed by atoms with van der Waals surface area (Å²) >= 11 is 0. The SMILES string of the molecule is N[C@@H](Cc1c[nH]cn1)C(=O)N1CCC(O)[C@H]1C(=O)O. The summed E-state index contributed by atoms with van der Waals surface area (Å²) in [6, 6.07) is -2.08. The Morgan fingerprint density at radius 3 is 2.95 bits per heavy atom. The van der Waals surface area contributed by atoms with Gasteiger partial charge in [-0.1, -0.05) is 0 Å². The highest BCUT2D eigenvalue weighted by Gasteiger charge is 2.42. The fourth-order valence-corrected chi connectivity index (χ4v) is 2.25. The number of carbonyl (C=O) groups excluding carboxylic acids is 1. The van der Waals surface area contributed by atoms with Crippen molar-refractivity contribution >= 4 is 11.9 Å². The highest BCUT2D eigenvalue weighted by atomic mass is 16.4. The fourth-order valence-electron chi connectivity index (χ4n) is 2.25. The Kier molecular flexibility index (Phi) is 3.82. The first kappa shape index (κ1) is 13.5. The molecule has 5 N–H and O–H groups in total. The van der Waals surface area contributed by atoms with Crippen molar-refractivity contribution in [3.05, 3.63) is 18.2 Å². The molecule has 0 bridgehead atoms. The van der Waals surface area contributed by atoms with Crippen LogP contribution in [0.2, 0.25) is 0 Å². The zero-order chi connectivity index (χ0) is 14.0. The number of hydrogen-bond acceptors (Lipinski definition) is 5. The summed E-state index contributed by atoms with van der Waals surface area (Å²) in [5, 5.41) is 18.6. The molecule has 1 saturated heterocycles. The van der Waals surface area contributed by atoms with Crippen LogP contribution in [-0.2, 0) is 16.0 Å². The van der Waals surface area contributed by atoms with Gasteiger partial charge >= 0.3 is 5.97 Å². The molecule has 1 aromatic heterocycles. The number of imidazole rings is 1. The maximum absolute atomic E-state index is 12.1. The number of aliphatic carboxylic acids is 1. The number of aromatic nitrogens is 2. The Hall–Kier alpha value is -1.93. The van der Waals surface area contributed by atoms with Crippen LogP contribution in [0.1, 0.15) is 12.1 Å². The fraction of sp³-hybridized carbons (Fsp3) is 0.545. The van der Waals surface area contributed by atoms with Gasteiger partial charge in [0.2, 0.25) is 5.91 Å². The number of aliphatic hydroxyl groups is 1. The third kappa shape index (κ3) is 2.74. The van der Waals surface area contributed by atoms with E-state index in [1.165, 1.54) is 6.33 Å². The van der Waals surface area contributed by atoms with E-state index in [0.29, 0.717) is 5.69 Å². The van der Waals surface area contributed by atoms with Crippen LogP contribution < -0.4 is 5.73 Å². The minimum atomic E-state index is -1.22. The maximum atomic E-state index is 12.1. The van der Waals surface area contributed by atoms with Crippen LogP contribution >= 0.6 is 0 Å². The second-order valence-corrected chi connectivity index (χ2v) is 4.54. The molecule has 2 rings (SSSR count). The van der Waals surface area contributed by atoms with E-state index < -0.39 is 30.1 Å². The molecular weight excluding hydrogens is 252 g/mol. The average molecular weight is 268 g/mol. The molecule has 104 valence electrons. The zero-order valence-electron chi connectivity index (χ0n) is 10.2. The first-order valence-corrected chi connectivity index (χ1v) is 5.95. The van der Waals surface area contributed by atoms with Gasteiger partial charge in [0.05, 0.1) is 24.2 Å². The van der Waals surface area contributed by atoms with Crippen molar-refractivity contribution in [3.63, 3.8) is 0 Å². The minimum absolute atomic E-state index is 0.200. The molecule has 0 radical (unpaired) electrons. The summed E-state index contributed by atoms with van der Waals surface area (Å²) in [6.45, 7) is 0.200. The number of nitrogens with one attached hydrogen (secondary N) is 1. The minimum Gasteiger partial charge on any atom is -0.480 e. The van der Waals surface area contributed by atoms with Crippen LogP contribution in [0.15, 0.2) is 12.5 Å². The molecule has 8 nitrogen and oxygen atoms in total. The van der Waals surface area contributed by atoms with E-state index in [1.54, 1.807) is 6.20 Å². The van der Waals surface area contributed by atoms with Gasteiger partial charge in [-0.2, -0.15) is 0 Å². The summed E-state index contributed by atoms with van der Waals surface area (Å²) in [4.78, 5) is 31.0. The van der Waals surface area contributed by atoms with Crippen LogP contribution in [0.3, 0.4) is 0 Å².